The quantitative estimate of drug-likeness (QED) is 0.707. The van der Waals surface area contributed by atoms with Crippen LogP contribution in [0.2, 0.25) is 0 Å². The van der Waals surface area contributed by atoms with Crippen LogP contribution in [0, 0.1) is 0 Å². The van der Waals surface area contributed by atoms with E-state index in [0.717, 1.165) is 26.1 Å². The van der Waals surface area contributed by atoms with Gasteiger partial charge in [0.2, 0.25) is 5.91 Å². The lowest BCUT2D eigenvalue weighted by molar-refractivity contribution is -0.121. The molecule has 0 aromatic carbocycles. The molecule has 1 atom stereocenters. The maximum absolute atomic E-state index is 11.3. The van der Waals surface area contributed by atoms with Gasteiger partial charge in [0.15, 0.2) is 0 Å². The van der Waals surface area contributed by atoms with E-state index in [2.05, 4.69) is 36.4 Å². The van der Waals surface area contributed by atoms with Crippen molar-refractivity contribution in [2.45, 2.75) is 32.7 Å². The Kier molecular flexibility index (Phi) is 18.3. The summed E-state index contributed by atoms with van der Waals surface area (Å²) in [7, 11) is 3.94. The average molecular weight is 288 g/mol. The number of hydrogen-bond acceptors (Lipinski definition) is 3. The Morgan fingerprint density at radius 1 is 1.29 bits per heavy atom. The van der Waals surface area contributed by atoms with Crippen molar-refractivity contribution in [3.8, 4) is 0 Å². The van der Waals surface area contributed by atoms with Gasteiger partial charge in [-0.15, -0.1) is 24.8 Å². The van der Waals surface area contributed by atoms with Crippen LogP contribution < -0.4 is 10.6 Å². The molecule has 4 nitrogen and oxygen atoms in total. The zero-order valence-electron chi connectivity index (χ0n) is 11.3. The highest BCUT2D eigenvalue weighted by molar-refractivity contribution is 5.85. The lowest BCUT2D eigenvalue weighted by Gasteiger charge is -2.23. The summed E-state index contributed by atoms with van der Waals surface area (Å²) >= 11 is 0. The number of nitrogens with one attached hydrogen (secondary N) is 2. The maximum Gasteiger partial charge on any atom is 0.221 e. The third kappa shape index (κ3) is 12.2. The van der Waals surface area contributed by atoms with Gasteiger partial charge in [-0.2, -0.15) is 0 Å². The van der Waals surface area contributed by atoms with Gasteiger partial charge in [0, 0.05) is 32.1 Å². The topological polar surface area (TPSA) is 44.4 Å². The number of likely N-dealkylation sites (N-methyl/N-ethyl adjacent to an activating group) is 1. The van der Waals surface area contributed by atoms with Gasteiger partial charge in [0.05, 0.1) is 0 Å². The van der Waals surface area contributed by atoms with Crippen molar-refractivity contribution in [1.82, 2.24) is 15.5 Å². The van der Waals surface area contributed by atoms with E-state index in [0.29, 0.717) is 12.5 Å². The third-order valence-corrected chi connectivity index (χ3v) is 2.73. The fourth-order valence-corrected chi connectivity index (χ4v) is 1.23. The van der Waals surface area contributed by atoms with Crippen LogP contribution in [0.4, 0.5) is 0 Å². The first-order valence-corrected chi connectivity index (χ1v) is 5.73. The van der Waals surface area contributed by atoms with Crippen LogP contribution in [0.5, 0.6) is 0 Å². The van der Waals surface area contributed by atoms with Crippen LogP contribution in [-0.2, 0) is 4.79 Å². The molecule has 0 bridgehead atoms. The predicted octanol–water partition coefficient (Wildman–Crippen LogP) is 1.29. The number of hydrogen-bond donors (Lipinski definition) is 2. The van der Waals surface area contributed by atoms with Crippen molar-refractivity contribution < 1.29 is 4.79 Å². The second-order valence-corrected chi connectivity index (χ2v) is 3.94. The van der Waals surface area contributed by atoms with Crippen molar-refractivity contribution in [2.24, 2.45) is 0 Å². The van der Waals surface area contributed by atoms with Gasteiger partial charge >= 0.3 is 0 Å². The van der Waals surface area contributed by atoms with Crippen LogP contribution in [0.15, 0.2) is 0 Å². The minimum Gasteiger partial charge on any atom is -0.355 e. The number of halogens is 2. The van der Waals surface area contributed by atoms with E-state index in [1.54, 1.807) is 0 Å². The van der Waals surface area contributed by atoms with Crippen LogP contribution in [-0.4, -0.2) is 50.6 Å². The van der Waals surface area contributed by atoms with E-state index in [9.17, 15) is 4.79 Å². The molecule has 2 N–H and O–H groups in total. The van der Waals surface area contributed by atoms with Gasteiger partial charge < -0.3 is 15.5 Å². The molecule has 0 aliphatic carbocycles. The predicted molar refractivity (Wildman–Crippen MR) is 78.4 cm³/mol. The SMILES string of the molecule is CCC(C)N(C)CCNC(=O)CCNC.Cl.Cl. The average Bonchev–Trinajstić information content (AvgIpc) is 2.24. The van der Waals surface area contributed by atoms with E-state index in [-0.39, 0.29) is 30.7 Å². The van der Waals surface area contributed by atoms with Crippen LogP contribution in [0.25, 0.3) is 0 Å². The number of nitrogens with zero attached hydrogens (tertiary/aromatic N) is 1. The van der Waals surface area contributed by atoms with Gasteiger partial charge in [-0.25, -0.2) is 0 Å². The normalized spacial score (nSPS) is 11.4. The molecule has 1 unspecified atom stereocenters. The van der Waals surface area contributed by atoms with Gasteiger partial charge in [-0.05, 0) is 27.4 Å². The molecular weight excluding hydrogens is 261 g/mol. The molecule has 0 radical (unpaired) electrons. The molecule has 0 aliphatic rings. The van der Waals surface area contributed by atoms with Crippen LogP contribution in [0.1, 0.15) is 26.7 Å². The lowest BCUT2D eigenvalue weighted by atomic mass is 10.2. The van der Waals surface area contributed by atoms with E-state index in [1.165, 1.54) is 0 Å². The molecule has 0 saturated carbocycles. The minimum absolute atomic E-state index is 0. The second kappa shape index (κ2) is 14.0. The lowest BCUT2D eigenvalue weighted by Crippen LogP contribution is -2.37. The molecular formula is C11H27Cl2N3O. The minimum atomic E-state index is 0. The first kappa shape index (κ1) is 22.2. The Morgan fingerprint density at radius 2 is 1.88 bits per heavy atom. The van der Waals surface area contributed by atoms with Gasteiger partial charge in [0.1, 0.15) is 0 Å². The molecule has 1 amide bonds. The van der Waals surface area contributed by atoms with E-state index in [4.69, 9.17) is 0 Å². The summed E-state index contributed by atoms with van der Waals surface area (Å²) in [5, 5.41) is 5.86. The van der Waals surface area contributed by atoms with Crippen LogP contribution in [0.3, 0.4) is 0 Å². The fourth-order valence-electron chi connectivity index (χ4n) is 1.23. The Hall–Kier alpha value is -0.0300. The van der Waals surface area contributed by atoms with Crippen molar-refractivity contribution in [1.29, 1.82) is 0 Å². The van der Waals surface area contributed by atoms with Crippen LogP contribution >= 0.6 is 24.8 Å². The first-order valence-electron chi connectivity index (χ1n) is 5.73. The third-order valence-electron chi connectivity index (χ3n) is 2.73. The summed E-state index contributed by atoms with van der Waals surface area (Å²) in [5.41, 5.74) is 0. The molecule has 0 rings (SSSR count). The number of carbonyl (C=O) groups is 1. The summed E-state index contributed by atoms with van der Waals surface area (Å²) in [6.45, 7) is 6.77. The number of amides is 1. The molecule has 17 heavy (non-hydrogen) atoms. The highest BCUT2D eigenvalue weighted by Crippen LogP contribution is 1.97. The zero-order chi connectivity index (χ0) is 11.7. The van der Waals surface area contributed by atoms with Gasteiger partial charge in [0.25, 0.3) is 0 Å². The first-order chi connectivity index (χ1) is 7.11. The van der Waals surface area contributed by atoms with Crippen molar-refractivity contribution in [2.75, 3.05) is 33.7 Å². The Bertz CT molecular complexity index is 182. The van der Waals surface area contributed by atoms with E-state index < -0.39 is 0 Å². The van der Waals surface area contributed by atoms with E-state index >= 15 is 0 Å². The van der Waals surface area contributed by atoms with E-state index in [1.807, 2.05) is 7.05 Å². The summed E-state index contributed by atoms with van der Waals surface area (Å²) in [5.74, 6) is 0.127. The summed E-state index contributed by atoms with van der Waals surface area (Å²) in [6, 6.07) is 0.583. The summed E-state index contributed by atoms with van der Waals surface area (Å²) in [4.78, 5) is 13.5. The largest absolute Gasteiger partial charge is 0.355 e. The molecule has 0 spiro atoms. The van der Waals surface area contributed by atoms with Crippen molar-refractivity contribution >= 4 is 30.7 Å². The second-order valence-electron chi connectivity index (χ2n) is 3.94. The monoisotopic (exact) mass is 287 g/mol. The number of rotatable bonds is 8. The molecule has 0 aromatic heterocycles. The Labute approximate surface area is 118 Å². The zero-order valence-corrected chi connectivity index (χ0v) is 12.9. The highest BCUT2D eigenvalue weighted by Gasteiger charge is 2.06. The molecule has 0 saturated heterocycles. The van der Waals surface area contributed by atoms with Gasteiger partial charge in [-0.3, -0.25) is 4.79 Å². The summed E-state index contributed by atoms with van der Waals surface area (Å²) in [6.07, 6.45) is 1.70. The maximum atomic E-state index is 11.3. The molecule has 106 valence electrons. The highest BCUT2D eigenvalue weighted by atomic mass is 35.5. The van der Waals surface area contributed by atoms with Crippen molar-refractivity contribution in [3.63, 3.8) is 0 Å². The smallest absolute Gasteiger partial charge is 0.221 e. The van der Waals surface area contributed by atoms with Gasteiger partial charge in [-0.1, -0.05) is 6.92 Å². The fraction of sp³-hybridized carbons (Fsp3) is 0.909. The standard InChI is InChI=1S/C11H25N3O.2ClH/c1-5-10(2)14(4)9-8-13-11(15)6-7-12-3;;/h10,12H,5-9H2,1-4H3,(H,13,15);2*1H. The number of carbonyl (C=O) groups excluding carboxylic acids is 1. The van der Waals surface area contributed by atoms with Crippen molar-refractivity contribution in [3.05, 3.63) is 0 Å². The molecule has 0 aromatic rings. The Balaban J connectivity index is -0.000000980. The molecule has 0 fully saturated rings. The molecule has 0 aliphatic heterocycles. The molecule has 6 heteroatoms. The summed E-state index contributed by atoms with van der Waals surface area (Å²) < 4.78 is 0. The Morgan fingerprint density at radius 3 is 2.35 bits per heavy atom. The molecule has 0 heterocycles.